The van der Waals surface area contributed by atoms with E-state index >= 15 is 0 Å². The molecule has 0 unspecified atom stereocenters. The number of aromatic amines is 1. The number of hydrogen-bond acceptors (Lipinski definition) is 6. The zero-order valence-electron chi connectivity index (χ0n) is 16.2. The summed E-state index contributed by atoms with van der Waals surface area (Å²) in [6, 6.07) is 7.92. The van der Waals surface area contributed by atoms with Crippen molar-refractivity contribution in [3.63, 3.8) is 0 Å². The Bertz CT molecular complexity index is 1130. The van der Waals surface area contributed by atoms with Gasteiger partial charge in [0, 0.05) is 7.05 Å². The van der Waals surface area contributed by atoms with Crippen LogP contribution < -0.4 is 11.2 Å². The minimum atomic E-state index is -0.535. The summed E-state index contributed by atoms with van der Waals surface area (Å²) in [6.45, 7) is 6.14. The molecule has 0 aliphatic carbocycles. The number of fused-ring (bicyclic) bond motifs is 1. The van der Waals surface area contributed by atoms with Crippen molar-refractivity contribution in [1.29, 1.82) is 0 Å². The number of benzene rings is 1. The molecule has 3 aromatic rings. The zero-order valence-corrected chi connectivity index (χ0v) is 17.0. The highest BCUT2D eigenvalue weighted by molar-refractivity contribution is 8.00. The third kappa shape index (κ3) is 3.89. The number of hydrogen-bond donors (Lipinski definition) is 1. The molecule has 0 saturated carbocycles. The minimum Gasteiger partial charge on any atom is -0.465 e. The fourth-order valence-corrected chi connectivity index (χ4v) is 3.70. The van der Waals surface area contributed by atoms with Crippen LogP contribution in [0.2, 0.25) is 0 Å². The molecule has 8 nitrogen and oxygen atoms in total. The molecule has 1 N–H and O–H groups in total. The van der Waals surface area contributed by atoms with Gasteiger partial charge in [0.15, 0.2) is 16.3 Å². The molecule has 1 atom stereocenters. The van der Waals surface area contributed by atoms with Crippen LogP contribution in [0, 0.1) is 6.92 Å². The lowest BCUT2D eigenvalue weighted by molar-refractivity contribution is -0.142. The van der Waals surface area contributed by atoms with Gasteiger partial charge in [0.25, 0.3) is 5.56 Å². The van der Waals surface area contributed by atoms with Crippen molar-refractivity contribution in [3.8, 4) is 0 Å². The summed E-state index contributed by atoms with van der Waals surface area (Å²) in [5.74, 6) is -0.357. The van der Waals surface area contributed by atoms with Gasteiger partial charge >= 0.3 is 11.7 Å². The second-order valence-corrected chi connectivity index (χ2v) is 7.78. The molecule has 0 bridgehead atoms. The van der Waals surface area contributed by atoms with Gasteiger partial charge in [0.05, 0.1) is 13.2 Å². The van der Waals surface area contributed by atoms with Crippen molar-refractivity contribution < 1.29 is 9.53 Å². The highest BCUT2D eigenvalue weighted by Crippen LogP contribution is 2.27. The van der Waals surface area contributed by atoms with E-state index in [9.17, 15) is 14.4 Å². The number of nitrogens with one attached hydrogen (secondary N) is 1. The van der Waals surface area contributed by atoms with E-state index in [4.69, 9.17) is 4.74 Å². The molecule has 0 radical (unpaired) electrons. The van der Waals surface area contributed by atoms with Crippen molar-refractivity contribution in [2.24, 2.45) is 7.05 Å². The molecule has 0 fully saturated rings. The van der Waals surface area contributed by atoms with Gasteiger partial charge in [-0.1, -0.05) is 41.6 Å². The molecule has 148 valence electrons. The van der Waals surface area contributed by atoms with Gasteiger partial charge in [0.2, 0.25) is 0 Å². The van der Waals surface area contributed by atoms with Crippen molar-refractivity contribution in [3.05, 3.63) is 56.2 Å². The van der Waals surface area contributed by atoms with Crippen molar-refractivity contribution in [1.82, 2.24) is 19.1 Å². The van der Waals surface area contributed by atoms with Crippen LogP contribution in [0.5, 0.6) is 0 Å². The fourth-order valence-electron chi connectivity index (χ4n) is 2.79. The molecule has 0 aliphatic heterocycles. The minimum absolute atomic E-state index is 0.277. The first-order chi connectivity index (χ1) is 13.3. The Morgan fingerprint density at radius 2 is 1.96 bits per heavy atom. The van der Waals surface area contributed by atoms with E-state index in [0.717, 1.165) is 11.1 Å². The number of ether oxygens (including phenoxy) is 1. The van der Waals surface area contributed by atoms with Gasteiger partial charge in [-0.2, -0.15) is 0 Å². The number of nitrogens with zero attached hydrogens (tertiary/aromatic N) is 3. The molecule has 28 heavy (non-hydrogen) atoms. The van der Waals surface area contributed by atoms with Crippen LogP contribution >= 0.6 is 11.8 Å². The summed E-state index contributed by atoms with van der Waals surface area (Å²) in [4.78, 5) is 43.3. The molecule has 3 rings (SSSR count). The number of rotatable bonds is 6. The van der Waals surface area contributed by atoms with E-state index in [-0.39, 0.29) is 18.2 Å². The molecular weight excluding hydrogens is 380 g/mol. The van der Waals surface area contributed by atoms with Gasteiger partial charge in [0.1, 0.15) is 5.25 Å². The van der Waals surface area contributed by atoms with Crippen LogP contribution in [-0.2, 0) is 23.1 Å². The maximum atomic E-state index is 12.5. The van der Waals surface area contributed by atoms with Crippen molar-refractivity contribution in [2.45, 2.75) is 37.7 Å². The Morgan fingerprint density at radius 1 is 1.29 bits per heavy atom. The first-order valence-electron chi connectivity index (χ1n) is 8.90. The summed E-state index contributed by atoms with van der Waals surface area (Å²) >= 11 is 1.20. The highest BCUT2D eigenvalue weighted by Gasteiger charge is 2.23. The average molecular weight is 402 g/mol. The van der Waals surface area contributed by atoms with E-state index < -0.39 is 16.5 Å². The highest BCUT2D eigenvalue weighted by atomic mass is 32.2. The van der Waals surface area contributed by atoms with Crippen molar-refractivity contribution in [2.75, 3.05) is 6.61 Å². The zero-order chi connectivity index (χ0) is 20.4. The number of carbonyl (C=O) groups excluding carboxylic acids is 1. The van der Waals surface area contributed by atoms with Gasteiger partial charge in [-0.05, 0) is 26.3 Å². The Kier molecular flexibility index (Phi) is 5.73. The van der Waals surface area contributed by atoms with Crippen LogP contribution in [-0.4, -0.2) is 36.9 Å². The third-order valence-corrected chi connectivity index (χ3v) is 5.40. The van der Waals surface area contributed by atoms with E-state index in [1.807, 2.05) is 31.2 Å². The lowest BCUT2D eigenvalue weighted by atomic mass is 10.1. The molecule has 2 aromatic heterocycles. The molecule has 9 heteroatoms. The number of H-pyrrole nitrogens is 1. The van der Waals surface area contributed by atoms with Gasteiger partial charge in [-0.25, -0.2) is 9.78 Å². The predicted molar refractivity (Wildman–Crippen MR) is 108 cm³/mol. The molecule has 1 aromatic carbocycles. The predicted octanol–water partition coefficient (Wildman–Crippen LogP) is 1.82. The van der Waals surface area contributed by atoms with Gasteiger partial charge < -0.3 is 9.30 Å². The standard InChI is InChI=1S/C19H22N4O4S/c1-5-27-17(25)12(3)28-19-20-15-14(16(24)21-18(26)22(15)4)23(19)10-13-8-6-11(2)7-9-13/h6-9,12H,5,10H2,1-4H3,(H,21,24,26)/t12-/m0/s1. The Labute approximate surface area is 165 Å². The fraction of sp³-hybridized carbons (Fsp3) is 0.368. The quantitative estimate of drug-likeness (QED) is 0.499. The van der Waals surface area contributed by atoms with Gasteiger partial charge in [-0.15, -0.1) is 0 Å². The maximum absolute atomic E-state index is 12.5. The Morgan fingerprint density at radius 3 is 2.61 bits per heavy atom. The lowest BCUT2D eigenvalue weighted by Gasteiger charge is -2.12. The topological polar surface area (TPSA) is 99.0 Å². The number of carbonyl (C=O) groups is 1. The van der Waals surface area contributed by atoms with E-state index in [2.05, 4.69) is 9.97 Å². The number of imidazole rings is 1. The van der Waals surface area contributed by atoms with Gasteiger partial charge in [-0.3, -0.25) is 19.1 Å². The normalized spacial score (nSPS) is 12.3. The van der Waals surface area contributed by atoms with Crippen LogP contribution in [0.1, 0.15) is 25.0 Å². The largest absolute Gasteiger partial charge is 0.465 e. The summed E-state index contributed by atoms with van der Waals surface area (Å²) in [5, 5.41) is -0.0348. The van der Waals surface area contributed by atoms with Crippen LogP contribution in [0.3, 0.4) is 0 Å². The van der Waals surface area contributed by atoms with Crippen LogP contribution in [0.4, 0.5) is 0 Å². The SMILES string of the molecule is CCOC(=O)[C@H](C)Sc1nc2c(c(=O)[nH]c(=O)n2C)n1Cc1ccc(C)cc1. The smallest absolute Gasteiger partial charge is 0.329 e. The van der Waals surface area contributed by atoms with Crippen LogP contribution in [0.25, 0.3) is 11.2 Å². The monoisotopic (exact) mass is 402 g/mol. The molecule has 0 amide bonds. The summed E-state index contributed by atoms with van der Waals surface area (Å²) in [6.07, 6.45) is 0. The number of thioether (sulfide) groups is 1. The first kappa shape index (κ1) is 19.9. The Hall–Kier alpha value is -2.81. The van der Waals surface area contributed by atoms with Crippen molar-refractivity contribution >= 4 is 28.9 Å². The first-order valence-corrected chi connectivity index (χ1v) is 9.78. The lowest BCUT2D eigenvalue weighted by Crippen LogP contribution is -2.29. The summed E-state index contributed by atoms with van der Waals surface area (Å²) in [5.41, 5.74) is 1.63. The third-order valence-electron chi connectivity index (χ3n) is 4.33. The van der Waals surface area contributed by atoms with E-state index in [1.54, 1.807) is 25.5 Å². The molecular formula is C19H22N4O4S. The van der Waals surface area contributed by atoms with E-state index in [0.29, 0.717) is 17.2 Å². The maximum Gasteiger partial charge on any atom is 0.329 e. The Balaban J connectivity index is 2.13. The average Bonchev–Trinajstić information content (AvgIpc) is 3.00. The second kappa shape index (κ2) is 8.05. The summed E-state index contributed by atoms with van der Waals surface area (Å²) in [7, 11) is 1.55. The number of aromatic nitrogens is 4. The second-order valence-electron chi connectivity index (χ2n) is 6.47. The van der Waals surface area contributed by atoms with E-state index in [1.165, 1.54) is 16.3 Å². The number of aryl methyl sites for hydroxylation is 2. The molecule has 0 saturated heterocycles. The summed E-state index contributed by atoms with van der Waals surface area (Å²) < 4.78 is 8.10. The molecule has 2 heterocycles. The number of esters is 1. The van der Waals surface area contributed by atoms with Crippen LogP contribution in [0.15, 0.2) is 39.0 Å². The molecule has 0 spiro atoms. The molecule has 0 aliphatic rings.